The van der Waals surface area contributed by atoms with Crippen LogP contribution in [-0.4, -0.2) is 36.1 Å². The predicted octanol–water partition coefficient (Wildman–Crippen LogP) is 1.59. The third-order valence-electron chi connectivity index (χ3n) is 3.98. The van der Waals surface area contributed by atoms with Crippen LogP contribution in [0.1, 0.15) is 31.2 Å². The highest BCUT2D eigenvalue weighted by molar-refractivity contribution is 7.91. The zero-order valence-corrected chi connectivity index (χ0v) is 12.0. The largest absolute Gasteiger partial charge is 0.392 e. The van der Waals surface area contributed by atoms with Crippen LogP contribution >= 0.6 is 0 Å². The first kappa shape index (κ1) is 14.5. The fourth-order valence-electron chi connectivity index (χ4n) is 2.85. The molecule has 5 heteroatoms. The van der Waals surface area contributed by atoms with Gasteiger partial charge >= 0.3 is 0 Å². The molecule has 1 aromatic rings. The summed E-state index contributed by atoms with van der Waals surface area (Å²) in [5.41, 5.74) is 0.997. The van der Waals surface area contributed by atoms with E-state index in [2.05, 4.69) is 4.98 Å². The fourth-order valence-corrected chi connectivity index (χ4v) is 4.04. The quantitative estimate of drug-likeness (QED) is 0.911. The summed E-state index contributed by atoms with van der Waals surface area (Å²) in [5.74, 6) is 0.0775. The molecule has 0 spiro atoms. The van der Waals surface area contributed by atoms with Crippen molar-refractivity contribution >= 4 is 9.84 Å². The highest BCUT2D eigenvalue weighted by Gasteiger charge is 2.32. The van der Waals surface area contributed by atoms with Gasteiger partial charge in [0.2, 0.25) is 0 Å². The number of nitrogens with zero attached hydrogens (tertiary/aromatic N) is 1. The van der Waals surface area contributed by atoms with Crippen LogP contribution in [0, 0.1) is 5.92 Å². The van der Waals surface area contributed by atoms with Crippen LogP contribution in [0.15, 0.2) is 24.5 Å². The summed E-state index contributed by atoms with van der Waals surface area (Å²) in [6.07, 6.45) is 7.93. The van der Waals surface area contributed by atoms with Crippen LogP contribution in [-0.2, 0) is 16.3 Å². The zero-order chi connectivity index (χ0) is 13.9. The van der Waals surface area contributed by atoms with Crippen LogP contribution in [0.2, 0.25) is 0 Å². The van der Waals surface area contributed by atoms with E-state index >= 15 is 0 Å². The van der Waals surface area contributed by atoms with E-state index in [-0.39, 0.29) is 11.2 Å². The predicted molar refractivity (Wildman–Crippen MR) is 74.5 cm³/mol. The lowest BCUT2D eigenvalue weighted by Gasteiger charge is -2.31. The van der Waals surface area contributed by atoms with Crippen LogP contribution in [0.25, 0.3) is 0 Å². The summed E-state index contributed by atoms with van der Waals surface area (Å²) in [4.78, 5) is 4.03. The zero-order valence-electron chi connectivity index (χ0n) is 11.2. The van der Waals surface area contributed by atoms with Crippen LogP contribution in [0.3, 0.4) is 0 Å². The summed E-state index contributed by atoms with van der Waals surface area (Å²) >= 11 is 0. The number of hydrogen-bond donors (Lipinski definition) is 1. The monoisotopic (exact) mass is 283 g/mol. The molecule has 3 atom stereocenters. The third kappa shape index (κ3) is 4.01. The first-order valence-corrected chi connectivity index (χ1v) is 8.68. The fraction of sp³-hybridized carbons (Fsp3) is 0.643. The van der Waals surface area contributed by atoms with Gasteiger partial charge < -0.3 is 5.11 Å². The maximum absolute atomic E-state index is 11.6. The normalized spacial score (nSPS) is 26.0. The smallest absolute Gasteiger partial charge is 0.150 e. The van der Waals surface area contributed by atoms with Gasteiger partial charge in [-0.2, -0.15) is 0 Å². The van der Waals surface area contributed by atoms with Gasteiger partial charge in [0.15, 0.2) is 0 Å². The number of hydrogen-bond acceptors (Lipinski definition) is 4. The molecule has 0 bridgehead atoms. The van der Waals surface area contributed by atoms with E-state index in [1.807, 2.05) is 12.1 Å². The highest BCUT2D eigenvalue weighted by Crippen LogP contribution is 2.31. The Morgan fingerprint density at radius 1 is 1.47 bits per heavy atom. The van der Waals surface area contributed by atoms with Crippen molar-refractivity contribution in [2.45, 2.75) is 43.5 Å². The molecule has 0 radical (unpaired) electrons. The van der Waals surface area contributed by atoms with Gasteiger partial charge in [-0.25, -0.2) is 8.42 Å². The van der Waals surface area contributed by atoms with E-state index in [1.54, 1.807) is 12.4 Å². The molecular weight excluding hydrogens is 262 g/mol. The summed E-state index contributed by atoms with van der Waals surface area (Å²) in [5, 5.41) is 10.0. The Kier molecular flexibility index (Phi) is 4.58. The summed E-state index contributed by atoms with van der Waals surface area (Å²) < 4.78 is 23.2. The Hall–Kier alpha value is -0.940. The van der Waals surface area contributed by atoms with Crippen LogP contribution < -0.4 is 0 Å². The van der Waals surface area contributed by atoms with Crippen molar-refractivity contribution in [2.75, 3.05) is 6.26 Å². The van der Waals surface area contributed by atoms with Crippen molar-refractivity contribution in [3.63, 3.8) is 0 Å². The van der Waals surface area contributed by atoms with Crippen molar-refractivity contribution < 1.29 is 13.5 Å². The van der Waals surface area contributed by atoms with Gasteiger partial charge in [-0.15, -0.1) is 0 Å². The lowest BCUT2D eigenvalue weighted by atomic mass is 9.83. The van der Waals surface area contributed by atoms with Crippen molar-refractivity contribution in [3.05, 3.63) is 30.1 Å². The second-order valence-electron chi connectivity index (χ2n) is 5.51. The van der Waals surface area contributed by atoms with E-state index in [4.69, 9.17) is 0 Å². The van der Waals surface area contributed by atoms with Gasteiger partial charge in [-0.05, 0) is 36.8 Å². The summed E-state index contributed by atoms with van der Waals surface area (Å²) in [6.45, 7) is 0. The standard InChI is InChI=1S/C14H21NO3S/c1-19(17,18)13-6-2-5-12(9-13)14(16)8-11-4-3-7-15-10-11/h3-4,7,10,12-14,16H,2,5-6,8-9H2,1H3. The number of aliphatic hydroxyl groups excluding tert-OH is 1. The van der Waals surface area contributed by atoms with Gasteiger partial charge in [-0.3, -0.25) is 4.98 Å². The molecule has 0 aromatic carbocycles. The van der Waals surface area contributed by atoms with Crippen LogP contribution in [0.5, 0.6) is 0 Å². The molecule has 4 nitrogen and oxygen atoms in total. The van der Waals surface area contributed by atoms with E-state index in [1.165, 1.54) is 6.26 Å². The Balaban J connectivity index is 1.98. The number of aromatic nitrogens is 1. The van der Waals surface area contributed by atoms with Gasteiger partial charge in [0.25, 0.3) is 0 Å². The molecule has 1 aliphatic carbocycles. The van der Waals surface area contributed by atoms with E-state index in [9.17, 15) is 13.5 Å². The molecule has 0 aliphatic heterocycles. The molecule has 1 aliphatic rings. The average Bonchev–Trinajstić information content (AvgIpc) is 2.39. The lowest BCUT2D eigenvalue weighted by Crippen LogP contribution is -2.34. The van der Waals surface area contributed by atoms with Crippen LogP contribution in [0.4, 0.5) is 0 Å². The molecule has 1 aromatic heterocycles. The SMILES string of the molecule is CS(=O)(=O)C1CCCC(C(O)Cc2cccnc2)C1. The maximum atomic E-state index is 11.6. The van der Waals surface area contributed by atoms with Gasteiger partial charge in [-0.1, -0.05) is 12.5 Å². The molecule has 1 saturated carbocycles. The van der Waals surface area contributed by atoms with Gasteiger partial charge in [0.05, 0.1) is 11.4 Å². The second-order valence-corrected chi connectivity index (χ2v) is 7.84. The molecule has 106 valence electrons. The molecule has 0 amide bonds. The van der Waals surface area contributed by atoms with Crippen molar-refractivity contribution in [1.82, 2.24) is 4.98 Å². The minimum absolute atomic E-state index is 0.0775. The van der Waals surface area contributed by atoms with E-state index < -0.39 is 15.9 Å². The Labute approximate surface area is 114 Å². The minimum atomic E-state index is -2.99. The Bertz CT molecular complexity index is 501. The molecule has 1 fully saturated rings. The molecule has 1 N–H and O–H groups in total. The second kappa shape index (κ2) is 6.01. The van der Waals surface area contributed by atoms with Crippen molar-refractivity contribution in [3.8, 4) is 0 Å². The average molecular weight is 283 g/mol. The molecule has 19 heavy (non-hydrogen) atoms. The van der Waals surface area contributed by atoms with E-state index in [0.29, 0.717) is 12.8 Å². The summed E-state index contributed by atoms with van der Waals surface area (Å²) in [7, 11) is -2.99. The molecule has 1 heterocycles. The number of rotatable bonds is 4. The number of aliphatic hydroxyl groups is 1. The highest BCUT2D eigenvalue weighted by atomic mass is 32.2. The Morgan fingerprint density at radius 3 is 2.89 bits per heavy atom. The van der Waals surface area contributed by atoms with Crippen molar-refractivity contribution in [1.29, 1.82) is 0 Å². The minimum Gasteiger partial charge on any atom is -0.392 e. The number of pyridine rings is 1. The maximum Gasteiger partial charge on any atom is 0.150 e. The van der Waals surface area contributed by atoms with Crippen molar-refractivity contribution in [2.24, 2.45) is 5.92 Å². The number of sulfone groups is 1. The summed E-state index contributed by atoms with van der Waals surface area (Å²) in [6, 6.07) is 3.79. The molecular formula is C14H21NO3S. The Morgan fingerprint density at radius 2 is 2.26 bits per heavy atom. The first-order valence-electron chi connectivity index (χ1n) is 6.72. The van der Waals surface area contributed by atoms with Gasteiger partial charge in [0.1, 0.15) is 9.84 Å². The van der Waals surface area contributed by atoms with Gasteiger partial charge in [0, 0.05) is 25.1 Å². The van der Waals surface area contributed by atoms with E-state index in [0.717, 1.165) is 24.8 Å². The molecule has 2 rings (SSSR count). The molecule has 0 saturated heterocycles. The lowest BCUT2D eigenvalue weighted by molar-refractivity contribution is 0.0859. The molecule has 3 unspecified atom stereocenters. The third-order valence-corrected chi connectivity index (χ3v) is 5.62. The first-order chi connectivity index (χ1) is 8.97. The topological polar surface area (TPSA) is 67.3 Å².